The van der Waals surface area contributed by atoms with Crippen LogP contribution in [-0.4, -0.2) is 44.4 Å². The summed E-state index contributed by atoms with van der Waals surface area (Å²) in [5, 5.41) is 6.38. The lowest BCUT2D eigenvalue weighted by Gasteiger charge is -2.26. The molecule has 0 fully saturated rings. The van der Waals surface area contributed by atoms with Crippen molar-refractivity contribution in [3.8, 4) is 11.5 Å². The Balaban J connectivity index is 1.68. The smallest absolute Gasteiger partial charge is 0.262 e. The summed E-state index contributed by atoms with van der Waals surface area (Å²) in [6.07, 6.45) is 0.571. The molecule has 6 heteroatoms. The number of ether oxygens (including phenoxy) is 2. The van der Waals surface area contributed by atoms with E-state index >= 15 is 0 Å². The van der Waals surface area contributed by atoms with Crippen LogP contribution >= 0.6 is 0 Å². The number of amides is 1. The van der Waals surface area contributed by atoms with Crippen molar-refractivity contribution in [3.05, 3.63) is 90.0 Å². The molecule has 32 heavy (non-hydrogen) atoms. The van der Waals surface area contributed by atoms with E-state index in [1.807, 2.05) is 90.8 Å². The van der Waals surface area contributed by atoms with Gasteiger partial charge in [-0.15, -0.1) is 0 Å². The SMILES string of the molecule is COc1ccccc1C1=NN(C(=O)CN(C)c2ccccc2)[C@@H](c2ccccc2OC)C1. The molecule has 0 spiro atoms. The van der Waals surface area contributed by atoms with Gasteiger partial charge in [-0.2, -0.15) is 5.10 Å². The van der Waals surface area contributed by atoms with Crippen LogP contribution in [0.1, 0.15) is 23.6 Å². The third kappa shape index (κ3) is 4.30. The average Bonchev–Trinajstić information content (AvgIpc) is 3.29. The van der Waals surface area contributed by atoms with E-state index in [0.717, 1.165) is 34.0 Å². The number of hydrazone groups is 1. The number of para-hydroxylation sites is 3. The number of hydrogen-bond donors (Lipinski definition) is 0. The highest BCUT2D eigenvalue weighted by Gasteiger charge is 2.35. The molecule has 3 aromatic rings. The number of nitrogens with zero attached hydrogens (tertiary/aromatic N) is 3. The molecule has 0 unspecified atom stereocenters. The quantitative estimate of drug-likeness (QED) is 0.554. The van der Waals surface area contributed by atoms with Crippen LogP contribution in [0, 0.1) is 0 Å². The number of likely N-dealkylation sites (N-methyl/N-ethyl adjacent to an activating group) is 1. The first-order valence-corrected chi connectivity index (χ1v) is 10.5. The molecule has 0 saturated carbocycles. The predicted molar refractivity (Wildman–Crippen MR) is 126 cm³/mol. The van der Waals surface area contributed by atoms with Crippen molar-refractivity contribution in [3.63, 3.8) is 0 Å². The van der Waals surface area contributed by atoms with Crippen LogP contribution in [0.5, 0.6) is 11.5 Å². The second kappa shape index (κ2) is 9.56. The molecule has 1 amide bonds. The highest BCUT2D eigenvalue weighted by atomic mass is 16.5. The number of carbonyl (C=O) groups is 1. The molecule has 4 rings (SSSR count). The minimum Gasteiger partial charge on any atom is -0.496 e. The standard InChI is InChI=1S/C26H27N3O3/c1-28(19-11-5-4-6-12-19)18-26(30)29-23(21-14-8-10-16-25(21)32-3)17-22(27-29)20-13-7-9-15-24(20)31-2/h4-16,23H,17-18H2,1-3H3/t23-/m1/s1. The molecular formula is C26H27N3O3. The summed E-state index contributed by atoms with van der Waals surface area (Å²) < 4.78 is 11.1. The largest absolute Gasteiger partial charge is 0.496 e. The minimum absolute atomic E-state index is 0.0860. The Morgan fingerprint density at radius 3 is 2.28 bits per heavy atom. The van der Waals surface area contributed by atoms with E-state index in [1.165, 1.54) is 0 Å². The average molecular weight is 430 g/mol. The monoisotopic (exact) mass is 429 g/mol. The van der Waals surface area contributed by atoms with Gasteiger partial charge in [0.25, 0.3) is 5.91 Å². The molecule has 1 aliphatic rings. The lowest BCUT2D eigenvalue weighted by atomic mass is 9.97. The van der Waals surface area contributed by atoms with Gasteiger partial charge in [0, 0.05) is 30.3 Å². The van der Waals surface area contributed by atoms with Crippen molar-refractivity contribution < 1.29 is 14.3 Å². The van der Waals surface area contributed by atoms with Gasteiger partial charge >= 0.3 is 0 Å². The maximum Gasteiger partial charge on any atom is 0.262 e. The highest BCUT2D eigenvalue weighted by molar-refractivity contribution is 6.05. The van der Waals surface area contributed by atoms with Gasteiger partial charge in [-0.1, -0.05) is 48.5 Å². The van der Waals surface area contributed by atoms with Gasteiger partial charge in [-0.3, -0.25) is 4.79 Å². The molecule has 0 aliphatic carbocycles. The molecule has 6 nitrogen and oxygen atoms in total. The van der Waals surface area contributed by atoms with Gasteiger partial charge in [0.1, 0.15) is 11.5 Å². The molecule has 1 heterocycles. The van der Waals surface area contributed by atoms with E-state index in [9.17, 15) is 4.79 Å². The van der Waals surface area contributed by atoms with Crippen LogP contribution in [0.2, 0.25) is 0 Å². The zero-order valence-electron chi connectivity index (χ0n) is 18.6. The molecule has 0 aromatic heterocycles. The molecule has 0 N–H and O–H groups in total. The Morgan fingerprint density at radius 2 is 1.56 bits per heavy atom. The fourth-order valence-electron chi connectivity index (χ4n) is 4.02. The third-order valence-corrected chi connectivity index (χ3v) is 5.65. The van der Waals surface area contributed by atoms with E-state index in [1.54, 1.807) is 19.2 Å². The van der Waals surface area contributed by atoms with Crippen LogP contribution in [0.25, 0.3) is 0 Å². The van der Waals surface area contributed by atoms with Gasteiger partial charge in [0.05, 0.1) is 32.5 Å². The zero-order valence-corrected chi connectivity index (χ0v) is 18.6. The second-order valence-electron chi connectivity index (χ2n) is 7.64. The highest BCUT2D eigenvalue weighted by Crippen LogP contribution is 2.38. The number of anilines is 1. The van der Waals surface area contributed by atoms with Crippen molar-refractivity contribution in [2.75, 3.05) is 32.7 Å². The first-order chi connectivity index (χ1) is 15.6. The fourth-order valence-corrected chi connectivity index (χ4v) is 4.02. The molecule has 164 valence electrons. The molecule has 0 radical (unpaired) electrons. The van der Waals surface area contributed by atoms with E-state index in [2.05, 4.69) is 0 Å². The molecule has 0 bridgehead atoms. The van der Waals surface area contributed by atoms with Crippen LogP contribution in [-0.2, 0) is 4.79 Å². The molecule has 1 atom stereocenters. The maximum absolute atomic E-state index is 13.4. The summed E-state index contributed by atoms with van der Waals surface area (Å²) >= 11 is 0. The van der Waals surface area contributed by atoms with Crippen LogP contribution in [0.4, 0.5) is 5.69 Å². The second-order valence-corrected chi connectivity index (χ2v) is 7.64. The van der Waals surface area contributed by atoms with Crippen molar-refractivity contribution in [1.82, 2.24) is 5.01 Å². The number of hydrogen-bond acceptors (Lipinski definition) is 5. The zero-order chi connectivity index (χ0) is 22.5. The maximum atomic E-state index is 13.4. The molecular weight excluding hydrogens is 402 g/mol. The molecule has 0 saturated heterocycles. The normalized spacial score (nSPS) is 15.3. The Hall–Kier alpha value is -3.80. The van der Waals surface area contributed by atoms with Crippen molar-refractivity contribution in [1.29, 1.82) is 0 Å². The van der Waals surface area contributed by atoms with Crippen LogP contribution in [0.15, 0.2) is 84.0 Å². The Morgan fingerprint density at radius 1 is 0.938 bits per heavy atom. The Labute approximate surface area is 188 Å². The number of rotatable bonds is 7. The lowest BCUT2D eigenvalue weighted by Crippen LogP contribution is -2.36. The van der Waals surface area contributed by atoms with E-state index in [-0.39, 0.29) is 18.5 Å². The van der Waals surface area contributed by atoms with Gasteiger partial charge in [-0.25, -0.2) is 5.01 Å². The minimum atomic E-state index is -0.261. The van der Waals surface area contributed by atoms with E-state index in [0.29, 0.717) is 6.42 Å². The summed E-state index contributed by atoms with van der Waals surface area (Å²) in [6.45, 7) is 0.207. The summed E-state index contributed by atoms with van der Waals surface area (Å²) in [5.41, 5.74) is 3.61. The van der Waals surface area contributed by atoms with E-state index in [4.69, 9.17) is 14.6 Å². The summed E-state index contributed by atoms with van der Waals surface area (Å²) in [5.74, 6) is 1.39. The van der Waals surface area contributed by atoms with Gasteiger partial charge < -0.3 is 14.4 Å². The van der Waals surface area contributed by atoms with Crippen molar-refractivity contribution in [2.45, 2.75) is 12.5 Å². The number of methoxy groups -OCH3 is 2. The van der Waals surface area contributed by atoms with Crippen LogP contribution < -0.4 is 14.4 Å². The summed E-state index contributed by atoms with van der Waals surface area (Å²) in [6, 6.07) is 25.1. The number of carbonyl (C=O) groups excluding carboxylic acids is 1. The van der Waals surface area contributed by atoms with Gasteiger partial charge in [-0.05, 0) is 30.3 Å². The first-order valence-electron chi connectivity index (χ1n) is 10.5. The molecule has 1 aliphatic heterocycles. The van der Waals surface area contributed by atoms with E-state index < -0.39 is 0 Å². The molecule has 3 aromatic carbocycles. The third-order valence-electron chi connectivity index (χ3n) is 5.65. The Bertz CT molecular complexity index is 1110. The van der Waals surface area contributed by atoms with Gasteiger partial charge in [0.2, 0.25) is 0 Å². The van der Waals surface area contributed by atoms with Crippen LogP contribution in [0.3, 0.4) is 0 Å². The summed E-state index contributed by atoms with van der Waals surface area (Å²) in [4.78, 5) is 15.4. The Kier molecular flexibility index (Phi) is 6.40. The van der Waals surface area contributed by atoms with Gasteiger partial charge in [0.15, 0.2) is 0 Å². The lowest BCUT2D eigenvalue weighted by molar-refractivity contribution is -0.131. The predicted octanol–water partition coefficient (Wildman–Crippen LogP) is 4.52. The fraction of sp³-hybridized carbons (Fsp3) is 0.231. The number of benzene rings is 3. The topological polar surface area (TPSA) is 54.4 Å². The summed E-state index contributed by atoms with van der Waals surface area (Å²) in [7, 11) is 5.20. The van der Waals surface area contributed by atoms with Crippen molar-refractivity contribution in [2.24, 2.45) is 5.10 Å². The van der Waals surface area contributed by atoms with Crippen molar-refractivity contribution >= 4 is 17.3 Å². The first kappa shape index (κ1) is 21.4.